The highest BCUT2D eigenvalue weighted by Crippen LogP contribution is 2.35. The fourth-order valence-electron chi connectivity index (χ4n) is 3.53. The number of benzene rings is 1. The molecule has 8 nitrogen and oxygen atoms in total. The first-order valence-corrected chi connectivity index (χ1v) is 10.2. The van der Waals surface area contributed by atoms with Gasteiger partial charge in [0.15, 0.2) is 16.3 Å². The average Bonchev–Trinajstić information content (AvgIpc) is 3.40. The summed E-state index contributed by atoms with van der Waals surface area (Å²) in [6.07, 6.45) is 3.20. The van der Waals surface area contributed by atoms with Crippen LogP contribution in [0.5, 0.6) is 11.5 Å². The van der Waals surface area contributed by atoms with Crippen LogP contribution in [0.4, 0.5) is 0 Å². The van der Waals surface area contributed by atoms with Gasteiger partial charge >= 0.3 is 5.97 Å². The van der Waals surface area contributed by atoms with Crippen molar-refractivity contribution in [3.63, 3.8) is 0 Å². The van der Waals surface area contributed by atoms with Gasteiger partial charge in [0.1, 0.15) is 5.76 Å². The minimum atomic E-state index is -0.734. The Morgan fingerprint density at radius 1 is 1.19 bits per heavy atom. The molecule has 3 heterocycles. The number of hydrogen-bond donors (Lipinski definition) is 0. The van der Waals surface area contributed by atoms with Gasteiger partial charge in [-0.3, -0.25) is 9.36 Å². The standard InChI is InChI=1S/C22H20N2O6S/c1-12-18(21(26)29-4)19(13-7-8-15(27-2)16(10-13)28-3)24-20(25)17(31-22(24)23-12)11-14-6-5-9-30-14/h5-11,19H,1-4H3/b17-11+/t19-/m1/s1. The van der Waals surface area contributed by atoms with Crippen LogP contribution >= 0.6 is 11.3 Å². The quantitative estimate of drug-likeness (QED) is 0.564. The van der Waals surface area contributed by atoms with Crippen molar-refractivity contribution in [3.05, 3.63) is 78.9 Å². The molecule has 1 aromatic carbocycles. The average molecular weight is 440 g/mol. The van der Waals surface area contributed by atoms with Gasteiger partial charge in [-0.25, -0.2) is 9.79 Å². The Morgan fingerprint density at radius 2 is 1.97 bits per heavy atom. The van der Waals surface area contributed by atoms with Crippen LogP contribution in [0, 0.1) is 0 Å². The lowest BCUT2D eigenvalue weighted by Crippen LogP contribution is -2.39. The topological polar surface area (TPSA) is 92.3 Å². The molecule has 0 fully saturated rings. The van der Waals surface area contributed by atoms with Crippen molar-refractivity contribution < 1.29 is 23.4 Å². The third-order valence-electron chi connectivity index (χ3n) is 4.97. The molecule has 0 saturated heterocycles. The first kappa shape index (κ1) is 20.7. The third-order valence-corrected chi connectivity index (χ3v) is 5.95. The Kier molecular flexibility index (Phi) is 5.51. The molecule has 0 amide bonds. The number of fused-ring (bicyclic) bond motifs is 1. The van der Waals surface area contributed by atoms with E-state index in [2.05, 4.69) is 4.99 Å². The highest BCUT2D eigenvalue weighted by Gasteiger charge is 2.33. The first-order chi connectivity index (χ1) is 15.0. The molecule has 0 N–H and O–H groups in total. The van der Waals surface area contributed by atoms with Crippen LogP contribution in [0.1, 0.15) is 24.3 Å². The summed E-state index contributed by atoms with van der Waals surface area (Å²) in [5, 5.41) is 0. The molecule has 1 aliphatic rings. The van der Waals surface area contributed by atoms with Gasteiger partial charge in [-0.1, -0.05) is 17.4 Å². The fraction of sp³-hybridized carbons (Fsp3) is 0.227. The van der Waals surface area contributed by atoms with Crippen LogP contribution in [0.3, 0.4) is 0 Å². The number of furan rings is 1. The molecule has 2 aromatic heterocycles. The van der Waals surface area contributed by atoms with E-state index in [4.69, 9.17) is 18.6 Å². The van der Waals surface area contributed by atoms with E-state index >= 15 is 0 Å². The number of ether oxygens (including phenoxy) is 3. The Bertz CT molecular complexity index is 1350. The van der Waals surface area contributed by atoms with Crippen molar-refractivity contribution in [2.75, 3.05) is 21.3 Å². The van der Waals surface area contributed by atoms with Gasteiger partial charge in [-0.15, -0.1) is 0 Å². The van der Waals surface area contributed by atoms with E-state index in [1.807, 2.05) is 0 Å². The number of nitrogens with zero attached hydrogens (tertiary/aromatic N) is 2. The maximum Gasteiger partial charge on any atom is 0.338 e. The maximum absolute atomic E-state index is 13.4. The van der Waals surface area contributed by atoms with Crippen molar-refractivity contribution in [2.45, 2.75) is 13.0 Å². The fourth-order valence-corrected chi connectivity index (χ4v) is 4.56. The van der Waals surface area contributed by atoms with Crippen LogP contribution in [0.25, 0.3) is 6.08 Å². The predicted octanol–water partition coefficient (Wildman–Crippen LogP) is 2.02. The van der Waals surface area contributed by atoms with Crippen LogP contribution in [-0.4, -0.2) is 31.9 Å². The van der Waals surface area contributed by atoms with Gasteiger partial charge in [0, 0.05) is 6.08 Å². The number of allylic oxidation sites excluding steroid dienone is 1. The predicted molar refractivity (Wildman–Crippen MR) is 114 cm³/mol. The summed E-state index contributed by atoms with van der Waals surface area (Å²) in [6.45, 7) is 1.73. The maximum atomic E-state index is 13.4. The molecule has 0 aliphatic carbocycles. The van der Waals surface area contributed by atoms with E-state index in [-0.39, 0.29) is 11.1 Å². The highest BCUT2D eigenvalue weighted by molar-refractivity contribution is 7.07. The van der Waals surface area contributed by atoms with E-state index in [9.17, 15) is 9.59 Å². The number of esters is 1. The number of aromatic nitrogens is 1. The number of methoxy groups -OCH3 is 3. The minimum Gasteiger partial charge on any atom is -0.493 e. The molecule has 160 valence electrons. The van der Waals surface area contributed by atoms with E-state index in [0.29, 0.717) is 37.9 Å². The number of hydrogen-bond acceptors (Lipinski definition) is 8. The highest BCUT2D eigenvalue weighted by atomic mass is 32.1. The molecule has 1 atom stereocenters. The Morgan fingerprint density at radius 3 is 2.61 bits per heavy atom. The SMILES string of the molecule is COC(=O)C1=C(C)N=c2s/c(=C/c3ccco3)c(=O)n2[C@@H]1c1ccc(OC)c(OC)c1. The van der Waals surface area contributed by atoms with E-state index in [1.54, 1.807) is 50.4 Å². The Labute approximate surface area is 181 Å². The van der Waals surface area contributed by atoms with Crippen LogP contribution in [0.2, 0.25) is 0 Å². The summed E-state index contributed by atoms with van der Waals surface area (Å²) in [6, 6.07) is 8.04. The number of rotatable bonds is 5. The lowest BCUT2D eigenvalue weighted by atomic mass is 9.95. The molecule has 31 heavy (non-hydrogen) atoms. The summed E-state index contributed by atoms with van der Waals surface area (Å²) in [7, 11) is 4.37. The summed E-state index contributed by atoms with van der Waals surface area (Å²) in [4.78, 5) is 31.1. The molecular weight excluding hydrogens is 420 g/mol. The van der Waals surface area contributed by atoms with Crippen molar-refractivity contribution >= 4 is 23.4 Å². The van der Waals surface area contributed by atoms with Gasteiger partial charge in [-0.05, 0) is 36.8 Å². The van der Waals surface area contributed by atoms with Crippen molar-refractivity contribution in [1.82, 2.24) is 4.57 Å². The molecule has 0 unspecified atom stereocenters. The van der Waals surface area contributed by atoms with Crippen molar-refractivity contribution in [2.24, 2.45) is 4.99 Å². The Hall–Kier alpha value is -3.59. The molecule has 0 radical (unpaired) electrons. The van der Waals surface area contributed by atoms with E-state index in [0.717, 1.165) is 0 Å². The second kappa shape index (κ2) is 8.27. The van der Waals surface area contributed by atoms with Gasteiger partial charge in [0.25, 0.3) is 5.56 Å². The Balaban J connectivity index is 1.99. The van der Waals surface area contributed by atoms with Crippen LogP contribution in [0.15, 0.2) is 62.1 Å². The first-order valence-electron chi connectivity index (χ1n) is 9.34. The van der Waals surface area contributed by atoms with E-state index in [1.165, 1.54) is 36.4 Å². The zero-order valence-electron chi connectivity index (χ0n) is 17.4. The zero-order valence-corrected chi connectivity index (χ0v) is 18.2. The molecule has 3 aromatic rings. The molecular formula is C22H20N2O6S. The molecule has 0 bridgehead atoms. The summed E-state index contributed by atoms with van der Waals surface area (Å²) >= 11 is 1.23. The normalized spacial score (nSPS) is 16.0. The second-order valence-electron chi connectivity index (χ2n) is 6.70. The summed E-state index contributed by atoms with van der Waals surface area (Å²) < 4.78 is 23.1. The van der Waals surface area contributed by atoms with Crippen LogP contribution in [-0.2, 0) is 9.53 Å². The lowest BCUT2D eigenvalue weighted by Gasteiger charge is -2.25. The minimum absolute atomic E-state index is 0.283. The third kappa shape index (κ3) is 3.57. The van der Waals surface area contributed by atoms with Gasteiger partial charge in [-0.2, -0.15) is 0 Å². The van der Waals surface area contributed by atoms with Crippen molar-refractivity contribution in [3.8, 4) is 11.5 Å². The monoisotopic (exact) mass is 440 g/mol. The second-order valence-corrected chi connectivity index (χ2v) is 7.71. The largest absolute Gasteiger partial charge is 0.493 e. The van der Waals surface area contributed by atoms with Gasteiger partial charge < -0.3 is 18.6 Å². The summed E-state index contributed by atoms with van der Waals surface area (Å²) in [5.41, 5.74) is 1.15. The van der Waals surface area contributed by atoms with Crippen LogP contribution < -0.4 is 24.4 Å². The number of carbonyl (C=O) groups is 1. The molecule has 9 heteroatoms. The molecule has 0 spiro atoms. The molecule has 0 saturated carbocycles. The lowest BCUT2D eigenvalue weighted by molar-refractivity contribution is -0.136. The smallest absolute Gasteiger partial charge is 0.338 e. The number of carbonyl (C=O) groups excluding carboxylic acids is 1. The zero-order chi connectivity index (χ0) is 22.1. The molecule has 4 rings (SSSR count). The summed E-state index contributed by atoms with van der Waals surface area (Å²) in [5.74, 6) is 1.02. The van der Waals surface area contributed by atoms with Crippen molar-refractivity contribution in [1.29, 1.82) is 0 Å². The van der Waals surface area contributed by atoms with Gasteiger partial charge in [0.05, 0.1) is 49.4 Å². The molecule has 1 aliphatic heterocycles. The van der Waals surface area contributed by atoms with E-state index < -0.39 is 12.0 Å². The van der Waals surface area contributed by atoms with Gasteiger partial charge in [0.2, 0.25) is 0 Å². The number of thiazole rings is 1.